The lowest BCUT2D eigenvalue weighted by atomic mass is 9.96. The van der Waals surface area contributed by atoms with Crippen molar-refractivity contribution in [1.82, 2.24) is 5.01 Å². The highest BCUT2D eigenvalue weighted by molar-refractivity contribution is 6.01. The molecule has 2 heterocycles. The lowest BCUT2D eigenvalue weighted by Crippen LogP contribution is -2.33. The van der Waals surface area contributed by atoms with E-state index in [0.29, 0.717) is 6.42 Å². The van der Waals surface area contributed by atoms with Crippen LogP contribution in [0.1, 0.15) is 35.4 Å². The van der Waals surface area contributed by atoms with Crippen LogP contribution in [0.25, 0.3) is 0 Å². The highest BCUT2D eigenvalue weighted by Crippen LogP contribution is 2.47. The van der Waals surface area contributed by atoms with E-state index in [0.717, 1.165) is 28.2 Å². The molecular weight excluding hydrogens is 393 g/mol. The Morgan fingerprint density at radius 2 is 1.70 bits per heavy atom. The van der Waals surface area contributed by atoms with Gasteiger partial charge in [0.2, 0.25) is 6.23 Å². The molecular formula is C23H17F3N2O2. The van der Waals surface area contributed by atoms with Gasteiger partial charge >= 0.3 is 6.61 Å². The third kappa shape index (κ3) is 3.36. The van der Waals surface area contributed by atoms with E-state index in [1.54, 1.807) is 24.3 Å². The van der Waals surface area contributed by atoms with Crippen LogP contribution in [0.3, 0.4) is 0 Å². The van der Waals surface area contributed by atoms with Gasteiger partial charge in [0.1, 0.15) is 17.3 Å². The average molecular weight is 410 g/mol. The van der Waals surface area contributed by atoms with Crippen LogP contribution < -0.4 is 9.47 Å². The molecule has 3 aromatic carbocycles. The minimum Gasteiger partial charge on any atom is -0.464 e. The first-order chi connectivity index (χ1) is 14.6. The Kier molecular flexibility index (Phi) is 4.58. The average Bonchev–Trinajstić information content (AvgIpc) is 3.20. The van der Waals surface area contributed by atoms with Crippen molar-refractivity contribution in [3.8, 4) is 11.5 Å². The minimum absolute atomic E-state index is 0.0445. The number of benzene rings is 3. The summed E-state index contributed by atoms with van der Waals surface area (Å²) in [6.07, 6.45) is 0.123. The number of halogens is 3. The van der Waals surface area contributed by atoms with E-state index in [9.17, 15) is 13.2 Å². The lowest BCUT2D eigenvalue weighted by Gasteiger charge is -2.38. The zero-order chi connectivity index (χ0) is 20.7. The number of alkyl halides is 2. The molecule has 0 N–H and O–H groups in total. The van der Waals surface area contributed by atoms with E-state index in [2.05, 4.69) is 4.74 Å². The zero-order valence-electron chi connectivity index (χ0n) is 15.7. The Balaban J connectivity index is 1.51. The summed E-state index contributed by atoms with van der Waals surface area (Å²) in [6.45, 7) is -2.88. The number of fused-ring (bicyclic) bond motifs is 3. The maximum Gasteiger partial charge on any atom is 0.387 e. The Bertz CT molecular complexity index is 1080. The molecule has 4 nitrogen and oxygen atoms in total. The van der Waals surface area contributed by atoms with Gasteiger partial charge in [0.25, 0.3) is 0 Å². The molecule has 2 aliphatic rings. The number of nitrogens with zero attached hydrogens (tertiary/aromatic N) is 2. The molecule has 0 amide bonds. The van der Waals surface area contributed by atoms with E-state index in [1.165, 1.54) is 24.3 Å². The van der Waals surface area contributed by atoms with Crippen LogP contribution in [-0.2, 0) is 0 Å². The second-order valence-electron chi connectivity index (χ2n) is 7.11. The monoisotopic (exact) mass is 410 g/mol. The summed E-state index contributed by atoms with van der Waals surface area (Å²) >= 11 is 0. The molecule has 0 saturated heterocycles. The molecule has 0 aliphatic carbocycles. The second kappa shape index (κ2) is 7.40. The fraction of sp³-hybridized carbons (Fsp3) is 0.174. The third-order valence-electron chi connectivity index (χ3n) is 5.27. The number of para-hydroxylation sites is 1. The minimum atomic E-state index is -2.88. The van der Waals surface area contributed by atoms with Gasteiger partial charge in [-0.15, -0.1) is 0 Å². The van der Waals surface area contributed by atoms with Crippen molar-refractivity contribution in [1.29, 1.82) is 0 Å². The zero-order valence-corrected chi connectivity index (χ0v) is 15.7. The van der Waals surface area contributed by atoms with Gasteiger partial charge in [0.15, 0.2) is 0 Å². The molecule has 5 rings (SSSR count). The van der Waals surface area contributed by atoms with Crippen molar-refractivity contribution in [3.63, 3.8) is 0 Å². The Morgan fingerprint density at radius 3 is 2.43 bits per heavy atom. The van der Waals surface area contributed by atoms with Crippen LogP contribution in [0, 0.1) is 5.82 Å². The Hall–Kier alpha value is -3.48. The summed E-state index contributed by atoms with van der Waals surface area (Å²) in [6, 6.07) is 20.3. The first-order valence-corrected chi connectivity index (χ1v) is 9.50. The van der Waals surface area contributed by atoms with E-state index in [-0.39, 0.29) is 17.6 Å². The summed E-state index contributed by atoms with van der Waals surface area (Å²) in [4.78, 5) is 0. The molecule has 30 heavy (non-hydrogen) atoms. The first kappa shape index (κ1) is 18.5. The maximum absolute atomic E-state index is 13.3. The van der Waals surface area contributed by atoms with Crippen molar-refractivity contribution < 1.29 is 22.6 Å². The molecule has 3 aromatic rings. The van der Waals surface area contributed by atoms with Crippen LogP contribution in [0.4, 0.5) is 13.2 Å². The van der Waals surface area contributed by atoms with Crippen molar-refractivity contribution >= 4 is 5.71 Å². The second-order valence-corrected chi connectivity index (χ2v) is 7.11. The molecule has 0 unspecified atom stereocenters. The molecule has 0 spiro atoms. The summed E-state index contributed by atoms with van der Waals surface area (Å²) in [7, 11) is 0. The van der Waals surface area contributed by atoms with Gasteiger partial charge in [-0.25, -0.2) is 9.40 Å². The SMILES string of the molecule is Fc1ccc(C2=NN3[C@@H](c4ccc(OC(F)F)cc4)Oc4ccccc4[C@@H]3C2)cc1. The maximum atomic E-state index is 13.3. The number of hydrogen-bond acceptors (Lipinski definition) is 4. The predicted molar refractivity (Wildman–Crippen MR) is 105 cm³/mol. The Morgan fingerprint density at radius 1 is 0.967 bits per heavy atom. The van der Waals surface area contributed by atoms with Crippen LogP contribution in [0.5, 0.6) is 11.5 Å². The van der Waals surface area contributed by atoms with E-state index < -0.39 is 12.8 Å². The smallest absolute Gasteiger partial charge is 0.387 e. The van der Waals surface area contributed by atoms with Crippen LogP contribution in [0.15, 0.2) is 77.9 Å². The normalized spacial score (nSPS) is 19.7. The lowest BCUT2D eigenvalue weighted by molar-refractivity contribution is -0.0499. The van der Waals surface area contributed by atoms with Gasteiger partial charge in [0, 0.05) is 17.5 Å². The molecule has 2 atom stereocenters. The number of hydrogen-bond donors (Lipinski definition) is 0. The van der Waals surface area contributed by atoms with Gasteiger partial charge in [-0.05, 0) is 48.0 Å². The number of hydrazone groups is 1. The van der Waals surface area contributed by atoms with Gasteiger partial charge in [-0.1, -0.05) is 30.3 Å². The van der Waals surface area contributed by atoms with Crippen molar-refractivity contribution in [2.75, 3.05) is 0 Å². The standard InChI is InChI=1S/C23H17F3N2O2/c24-16-9-5-14(6-10-16)19-13-20-18-3-1-2-4-21(18)30-22(28(20)27-19)15-7-11-17(12-8-15)29-23(25)26/h1-12,20,22-23H,13H2/t20-,22+/m0/s1. The fourth-order valence-corrected chi connectivity index (χ4v) is 3.88. The molecule has 0 bridgehead atoms. The fourth-order valence-electron chi connectivity index (χ4n) is 3.88. The highest BCUT2D eigenvalue weighted by Gasteiger charge is 2.40. The summed E-state index contributed by atoms with van der Waals surface area (Å²) in [5.74, 6) is 0.540. The van der Waals surface area contributed by atoms with Crippen LogP contribution in [0.2, 0.25) is 0 Å². The Labute approximate surface area is 171 Å². The predicted octanol–water partition coefficient (Wildman–Crippen LogP) is 5.67. The molecule has 152 valence electrons. The highest BCUT2D eigenvalue weighted by atomic mass is 19.3. The molecule has 0 radical (unpaired) electrons. The molecule has 0 aromatic heterocycles. The topological polar surface area (TPSA) is 34.1 Å². The van der Waals surface area contributed by atoms with E-state index in [4.69, 9.17) is 9.84 Å². The van der Waals surface area contributed by atoms with Crippen molar-refractivity contribution in [2.24, 2.45) is 5.10 Å². The van der Waals surface area contributed by atoms with Gasteiger partial charge in [-0.2, -0.15) is 13.9 Å². The summed E-state index contributed by atoms with van der Waals surface area (Å²) < 4.78 is 48.9. The summed E-state index contributed by atoms with van der Waals surface area (Å²) in [5.41, 5.74) is 3.47. The number of rotatable bonds is 4. The number of ether oxygens (including phenoxy) is 2. The van der Waals surface area contributed by atoms with Crippen molar-refractivity contribution in [2.45, 2.75) is 25.3 Å². The molecule has 0 saturated carbocycles. The third-order valence-corrected chi connectivity index (χ3v) is 5.27. The van der Waals surface area contributed by atoms with Crippen LogP contribution >= 0.6 is 0 Å². The van der Waals surface area contributed by atoms with E-state index in [1.807, 2.05) is 29.3 Å². The summed E-state index contributed by atoms with van der Waals surface area (Å²) in [5, 5.41) is 6.67. The molecule has 2 aliphatic heterocycles. The quantitative estimate of drug-likeness (QED) is 0.556. The van der Waals surface area contributed by atoms with Gasteiger partial charge in [0.05, 0.1) is 11.8 Å². The van der Waals surface area contributed by atoms with Gasteiger partial charge in [-0.3, -0.25) is 0 Å². The first-order valence-electron chi connectivity index (χ1n) is 9.50. The van der Waals surface area contributed by atoms with Crippen LogP contribution in [-0.4, -0.2) is 17.3 Å². The van der Waals surface area contributed by atoms with Gasteiger partial charge < -0.3 is 9.47 Å². The van der Waals surface area contributed by atoms with E-state index >= 15 is 0 Å². The van der Waals surface area contributed by atoms with Crippen molar-refractivity contribution in [3.05, 3.63) is 95.3 Å². The largest absolute Gasteiger partial charge is 0.464 e. The molecule has 7 heteroatoms. The molecule has 0 fully saturated rings.